The van der Waals surface area contributed by atoms with Crippen LogP contribution in [-0.2, 0) is 0 Å². The van der Waals surface area contributed by atoms with Crippen LogP contribution in [0.4, 0.5) is 5.69 Å². The van der Waals surface area contributed by atoms with Gasteiger partial charge in [0.25, 0.3) is 0 Å². The monoisotopic (exact) mass is 165 g/mol. The molecular formula is C10H15NO. The second-order valence-electron chi connectivity index (χ2n) is 2.87. The van der Waals surface area contributed by atoms with Crippen molar-refractivity contribution >= 4 is 5.69 Å². The Morgan fingerprint density at radius 2 is 2.08 bits per heavy atom. The summed E-state index contributed by atoms with van der Waals surface area (Å²) in [6, 6.07) is 7.56. The molecule has 2 nitrogen and oxygen atoms in total. The smallest absolute Gasteiger partial charge is 0.142 e. The summed E-state index contributed by atoms with van der Waals surface area (Å²) in [5.41, 5.74) is 6.40. The van der Waals surface area contributed by atoms with Gasteiger partial charge in [0.15, 0.2) is 0 Å². The van der Waals surface area contributed by atoms with Crippen LogP contribution in [0.1, 0.15) is 20.3 Å². The van der Waals surface area contributed by atoms with Crippen molar-refractivity contribution in [2.24, 2.45) is 0 Å². The van der Waals surface area contributed by atoms with E-state index in [1.807, 2.05) is 31.2 Å². The van der Waals surface area contributed by atoms with Crippen LogP contribution in [0.25, 0.3) is 0 Å². The second-order valence-corrected chi connectivity index (χ2v) is 2.87. The third-order valence-electron chi connectivity index (χ3n) is 1.82. The van der Waals surface area contributed by atoms with E-state index in [2.05, 4.69) is 6.92 Å². The summed E-state index contributed by atoms with van der Waals surface area (Å²) in [4.78, 5) is 0. The van der Waals surface area contributed by atoms with E-state index in [9.17, 15) is 0 Å². The van der Waals surface area contributed by atoms with Gasteiger partial charge in [-0.2, -0.15) is 0 Å². The number of ether oxygens (including phenoxy) is 1. The van der Waals surface area contributed by atoms with Crippen molar-refractivity contribution in [2.75, 3.05) is 5.73 Å². The lowest BCUT2D eigenvalue weighted by Crippen LogP contribution is -2.10. The molecule has 2 heteroatoms. The zero-order chi connectivity index (χ0) is 8.97. The van der Waals surface area contributed by atoms with Crippen LogP contribution in [0.3, 0.4) is 0 Å². The zero-order valence-electron chi connectivity index (χ0n) is 7.58. The molecule has 0 aliphatic heterocycles. The SMILES string of the molecule is CCC(C)Oc1ccccc1N. The Kier molecular flexibility index (Phi) is 2.97. The first-order valence-corrected chi connectivity index (χ1v) is 4.25. The summed E-state index contributed by atoms with van der Waals surface area (Å²) in [7, 11) is 0. The predicted octanol–water partition coefficient (Wildman–Crippen LogP) is 2.45. The van der Waals surface area contributed by atoms with E-state index in [0.717, 1.165) is 12.2 Å². The molecule has 0 amide bonds. The Hall–Kier alpha value is -1.18. The van der Waals surface area contributed by atoms with Crippen molar-refractivity contribution < 1.29 is 4.74 Å². The predicted molar refractivity (Wildman–Crippen MR) is 51.2 cm³/mol. The molecule has 0 heterocycles. The molecule has 0 saturated carbocycles. The van der Waals surface area contributed by atoms with Gasteiger partial charge in [-0.3, -0.25) is 0 Å². The fourth-order valence-corrected chi connectivity index (χ4v) is 0.888. The molecule has 12 heavy (non-hydrogen) atoms. The molecule has 0 radical (unpaired) electrons. The fraction of sp³-hybridized carbons (Fsp3) is 0.400. The Bertz CT molecular complexity index is 247. The highest BCUT2D eigenvalue weighted by Gasteiger charge is 2.02. The molecule has 0 aromatic heterocycles. The van der Waals surface area contributed by atoms with E-state index in [1.54, 1.807) is 0 Å². The summed E-state index contributed by atoms with van der Waals surface area (Å²) >= 11 is 0. The van der Waals surface area contributed by atoms with Crippen LogP contribution >= 0.6 is 0 Å². The van der Waals surface area contributed by atoms with Crippen molar-refractivity contribution in [1.82, 2.24) is 0 Å². The lowest BCUT2D eigenvalue weighted by atomic mass is 10.3. The molecule has 0 aliphatic rings. The van der Waals surface area contributed by atoms with Gasteiger partial charge in [0.1, 0.15) is 5.75 Å². The summed E-state index contributed by atoms with van der Waals surface area (Å²) in [5.74, 6) is 0.784. The third-order valence-corrected chi connectivity index (χ3v) is 1.82. The first-order chi connectivity index (χ1) is 5.74. The molecule has 1 aromatic rings. The van der Waals surface area contributed by atoms with Gasteiger partial charge in [0, 0.05) is 0 Å². The van der Waals surface area contributed by atoms with E-state index < -0.39 is 0 Å². The Morgan fingerprint density at radius 3 is 2.67 bits per heavy atom. The summed E-state index contributed by atoms with van der Waals surface area (Å²) in [5, 5.41) is 0. The van der Waals surface area contributed by atoms with Gasteiger partial charge in [-0.25, -0.2) is 0 Å². The van der Waals surface area contributed by atoms with Crippen LogP contribution in [0.2, 0.25) is 0 Å². The number of anilines is 1. The highest BCUT2D eigenvalue weighted by Crippen LogP contribution is 2.21. The molecule has 1 aromatic carbocycles. The number of nitrogens with two attached hydrogens (primary N) is 1. The van der Waals surface area contributed by atoms with Crippen LogP contribution < -0.4 is 10.5 Å². The molecule has 1 atom stereocenters. The van der Waals surface area contributed by atoms with Crippen LogP contribution in [-0.4, -0.2) is 6.10 Å². The average Bonchev–Trinajstić information content (AvgIpc) is 2.09. The Balaban J connectivity index is 2.69. The van der Waals surface area contributed by atoms with Gasteiger partial charge >= 0.3 is 0 Å². The van der Waals surface area contributed by atoms with Gasteiger partial charge in [-0.1, -0.05) is 19.1 Å². The number of para-hydroxylation sites is 2. The highest BCUT2D eigenvalue weighted by molar-refractivity contribution is 5.51. The average molecular weight is 165 g/mol. The summed E-state index contributed by atoms with van der Waals surface area (Å²) in [6.45, 7) is 4.12. The van der Waals surface area contributed by atoms with E-state index in [0.29, 0.717) is 5.69 Å². The van der Waals surface area contributed by atoms with Crippen molar-refractivity contribution in [1.29, 1.82) is 0 Å². The van der Waals surface area contributed by atoms with Gasteiger partial charge in [0.2, 0.25) is 0 Å². The third kappa shape index (κ3) is 2.16. The maximum atomic E-state index is 5.70. The van der Waals surface area contributed by atoms with E-state index in [-0.39, 0.29) is 6.10 Å². The molecule has 0 saturated heterocycles. The van der Waals surface area contributed by atoms with Gasteiger partial charge in [-0.05, 0) is 25.5 Å². The molecular weight excluding hydrogens is 150 g/mol. The van der Waals surface area contributed by atoms with Gasteiger partial charge < -0.3 is 10.5 Å². The molecule has 1 unspecified atom stereocenters. The molecule has 0 bridgehead atoms. The van der Waals surface area contributed by atoms with Gasteiger partial charge in [-0.15, -0.1) is 0 Å². The van der Waals surface area contributed by atoms with Crippen LogP contribution in [0, 0.1) is 0 Å². The number of nitrogen functional groups attached to an aromatic ring is 1. The minimum absolute atomic E-state index is 0.231. The van der Waals surface area contributed by atoms with Crippen molar-refractivity contribution in [2.45, 2.75) is 26.4 Å². The topological polar surface area (TPSA) is 35.2 Å². The van der Waals surface area contributed by atoms with Gasteiger partial charge in [0.05, 0.1) is 11.8 Å². The molecule has 2 N–H and O–H groups in total. The van der Waals surface area contributed by atoms with Crippen molar-refractivity contribution in [3.05, 3.63) is 24.3 Å². The minimum Gasteiger partial charge on any atom is -0.489 e. The minimum atomic E-state index is 0.231. The number of hydrogen-bond acceptors (Lipinski definition) is 2. The maximum Gasteiger partial charge on any atom is 0.142 e. The molecule has 0 fully saturated rings. The number of hydrogen-bond donors (Lipinski definition) is 1. The largest absolute Gasteiger partial charge is 0.489 e. The number of benzene rings is 1. The second kappa shape index (κ2) is 4.00. The molecule has 66 valence electrons. The normalized spacial score (nSPS) is 12.5. The zero-order valence-corrected chi connectivity index (χ0v) is 7.58. The fourth-order valence-electron chi connectivity index (χ4n) is 0.888. The van der Waals surface area contributed by atoms with Crippen LogP contribution in [0.15, 0.2) is 24.3 Å². The summed E-state index contributed by atoms with van der Waals surface area (Å²) < 4.78 is 5.57. The first-order valence-electron chi connectivity index (χ1n) is 4.25. The van der Waals surface area contributed by atoms with Crippen molar-refractivity contribution in [3.63, 3.8) is 0 Å². The molecule has 0 spiro atoms. The lowest BCUT2D eigenvalue weighted by molar-refractivity contribution is 0.219. The quantitative estimate of drug-likeness (QED) is 0.698. The van der Waals surface area contributed by atoms with Crippen LogP contribution in [0.5, 0.6) is 5.75 Å². The van der Waals surface area contributed by atoms with Crippen molar-refractivity contribution in [3.8, 4) is 5.75 Å². The highest BCUT2D eigenvalue weighted by atomic mass is 16.5. The van der Waals surface area contributed by atoms with E-state index in [4.69, 9.17) is 10.5 Å². The lowest BCUT2D eigenvalue weighted by Gasteiger charge is -2.13. The first kappa shape index (κ1) is 8.91. The van der Waals surface area contributed by atoms with E-state index >= 15 is 0 Å². The van der Waals surface area contributed by atoms with E-state index in [1.165, 1.54) is 0 Å². The standard InChI is InChI=1S/C10H15NO/c1-3-8(2)12-10-7-5-4-6-9(10)11/h4-8H,3,11H2,1-2H3. The summed E-state index contributed by atoms with van der Waals surface area (Å²) in [6.07, 6.45) is 1.23. The molecule has 0 aliphatic carbocycles. The number of rotatable bonds is 3. The Morgan fingerprint density at radius 1 is 1.42 bits per heavy atom. The molecule has 1 rings (SSSR count). The Labute approximate surface area is 73.3 Å². The maximum absolute atomic E-state index is 5.70.